The SMILES string of the molecule is CCCOc1nc(SC(=O)N(C)C)ns1. The lowest BCUT2D eigenvalue weighted by Gasteiger charge is -2.06. The maximum Gasteiger partial charge on any atom is 0.293 e. The predicted molar refractivity (Wildman–Crippen MR) is 60.6 cm³/mol. The van der Waals surface area contributed by atoms with Crippen molar-refractivity contribution in [3.8, 4) is 5.19 Å². The van der Waals surface area contributed by atoms with Gasteiger partial charge in [-0.25, -0.2) is 0 Å². The van der Waals surface area contributed by atoms with E-state index in [0.29, 0.717) is 17.0 Å². The molecule has 0 saturated carbocycles. The minimum Gasteiger partial charge on any atom is -0.469 e. The molecule has 0 aliphatic rings. The van der Waals surface area contributed by atoms with Gasteiger partial charge in [-0.15, -0.1) is 0 Å². The lowest BCUT2D eigenvalue weighted by atomic mass is 10.5. The summed E-state index contributed by atoms with van der Waals surface area (Å²) in [4.78, 5) is 16.9. The highest BCUT2D eigenvalue weighted by Crippen LogP contribution is 2.23. The Morgan fingerprint density at radius 3 is 2.93 bits per heavy atom. The van der Waals surface area contributed by atoms with Crippen molar-refractivity contribution in [2.45, 2.75) is 18.5 Å². The van der Waals surface area contributed by atoms with Crippen LogP contribution in [0.3, 0.4) is 0 Å². The smallest absolute Gasteiger partial charge is 0.293 e. The molecule has 0 spiro atoms. The van der Waals surface area contributed by atoms with Gasteiger partial charge in [0.05, 0.1) is 6.61 Å². The molecule has 0 saturated heterocycles. The van der Waals surface area contributed by atoms with Crippen molar-refractivity contribution in [3.05, 3.63) is 0 Å². The maximum absolute atomic E-state index is 11.3. The minimum absolute atomic E-state index is 0.0881. The van der Waals surface area contributed by atoms with Crippen LogP contribution in [-0.2, 0) is 0 Å². The largest absolute Gasteiger partial charge is 0.469 e. The van der Waals surface area contributed by atoms with Crippen molar-refractivity contribution >= 4 is 28.5 Å². The molecule has 0 bridgehead atoms. The van der Waals surface area contributed by atoms with Crippen LogP contribution in [0.2, 0.25) is 0 Å². The molecular formula is C8H13N3O2S2. The fourth-order valence-electron chi connectivity index (χ4n) is 0.656. The van der Waals surface area contributed by atoms with Crippen LogP contribution in [0.15, 0.2) is 5.16 Å². The van der Waals surface area contributed by atoms with E-state index in [2.05, 4.69) is 9.36 Å². The normalized spacial score (nSPS) is 10.1. The molecule has 0 radical (unpaired) electrons. The van der Waals surface area contributed by atoms with E-state index in [1.165, 1.54) is 16.4 Å². The molecule has 0 fully saturated rings. The average Bonchev–Trinajstić information content (AvgIpc) is 2.62. The van der Waals surface area contributed by atoms with E-state index >= 15 is 0 Å². The first-order valence-corrected chi connectivity index (χ1v) is 6.08. The molecule has 0 N–H and O–H groups in total. The summed E-state index contributed by atoms with van der Waals surface area (Å²) < 4.78 is 9.30. The van der Waals surface area contributed by atoms with E-state index in [0.717, 1.165) is 18.2 Å². The summed E-state index contributed by atoms with van der Waals surface area (Å²) in [7, 11) is 3.38. The number of carbonyl (C=O) groups is 1. The summed E-state index contributed by atoms with van der Waals surface area (Å²) in [6.07, 6.45) is 0.929. The number of ether oxygens (including phenoxy) is 1. The monoisotopic (exact) mass is 247 g/mol. The Hall–Kier alpha value is -0.820. The standard InChI is InChI=1S/C8H13N3O2S2/c1-4-5-13-7-9-6(10-15-7)14-8(12)11(2)3/h4-5H2,1-3H3. The first-order valence-electron chi connectivity index (χ1n) is 4.49. The highest BCUT2D eigenvalue weighted by Gasteiger charge is 2.12. The van der Waals surface area contributed by atoms with Crippen molar-refractivity contribution in [1.82, 2.24) is 14.3 Å². The van der Waals surface area contributed by atoms with Gasteiger partial charge in [-0.05, 0) is 6.42 Å². The fraction of sp³-hybridized carbons (Fsp3) is 0.625. The quantitative estimate of drug-likeness (QED) is 0.763. The number of rotatable bonds is 4. The third kappa shape index (κ3) is 4.05. The van der Waals surface area contributed by atoms with E-state index < -0.39 is 0 Å². The van der Waals surface area contributed by atoms with Crippen molar-refractivity contribution in [2.24, 2.45) is 0 Å². The van der Waals surface area contributed by atoms with Crippen LogP contribution in [0.1, 0.15) is 13.3 Å². The number of thioether (sulfide) groups is 1. The molecule has 0 unspecified atom stereocenters. The zero-order chi connectivity index (χ0) is 11.3. The van der Waals surface area contributed by atoms with E-state index in [1.807, 2.05) is 6.92 Å². The van der Waals surface area contributed by atoms with Gasteiger partial charge in [0.1, 0.15) is 0 Å². The molecule has 1 aromatic rings. The molecule has 1 rings (SSSR count). The third-order valence-electron chi connectivity index (χ3n) is 1.36. The number of nitrogens with zero attached hydrogens (tertiary/aromatic N) is 3. The number of hydrogen-bond donors (Lipinski definition) is 0. The molecule has 0 aromatic carbocycles. The Morgan fingerprint density at radius 1 is 1.60 bits per heavy atom. The van der Waals surface area contributed by atoms with Crippen LogP contribution in [0.5, 0.6) is 5.19 Å². The third-order valence-corrected chi connectivity index (χ3v) is 3.01. The molecule has 1 aromatic heterocycles. The van der Waals surface area contributed by atoms with Crippen molar-refractivity contribution < 1.29 is 9.53 Å². The van der Waals surface area contributed by atoms with Gasteiger partial charge in [-0.3, -0.25) is 4.79 Å². The molecule has 0 aliphatic carbocycles. The van der Waals surface area contributed by atoms with Gasteiger partial charge in [-0.2, -0.15) is 9.36 Å². The van der Waals surface area contributed by atoms with Crippen LogP contribution in [0.25, 0.3) is 0 Å². The summed E-state index contributed by atoms with van der Waals surface area (Å²) in [5.41, 5.74) is 0. The van der Waals surface area contributed by atoms with Gasteiger partial charge in [0.25, 0.3) is 10.4 Å². The second-order valence-corrected chi connectivity index (χ2v) is 4.59. The second-order valence-electron chi connectivity index (χ2n) is 2.95. The Labute approximate surface area is 97.0 Å². The first kappa shape index (κ1) is 12.3. The van der Waals surface area contributed by atoms with Crippen LogP contribution >= 0.6 is 23.3 Å². The predicted octanol–water partition coefficient (Wildman–Crippen LogP) is 2.10. The van der Waals surface area contributed by atoms with Crippen LogP contribution in [0.4, 0.5) is 4.79 Å². The number of aromatic nitrogens is 2. The zero-order valence-electron chi connectivity index (χ0n) is 8.89. The van der Waals surface area contributed by atoms with E-state index in [-0.39, 0.29) is 5.24 Å². The highest BCUT2D eigenvalue weighted by molar-refractivity contribution is 8.13. The van der Waals surface area contributed by atoms with Gasteiger partial charge >= 0.3 is 0 Å². The zero-order valence-corrected chi connectivity index (χ0v) is 10.5. The molecular weight excluding hydrogens is 234 g/mol. The van der Waals surface area contributed by atoms with E-state index in [1.54, 1.807) is 14.1 Å². The lowest BCUT2D eigenvalue weighted by Crippen LogP contribution is -2.16. The van der Waals surface area contributed by atoms with Gasteiger partial charge in [-0.1, -0.05) is 6.92 Å². The van der Waals surface area contributed by atoms with Crippen LogP contribution < -0.4 is 4.74 Å². The van der Waals surface area contributed by atoms with Gasteiger partial charge < -0.3 is 9.64 Å². The molecule has 1 heterocycles. The topological polar surface area (TPSA) is 55.3 Å². The molecule has 84 valence electrons. The van der Waals surface area contributed by atoms with Gasteiger partial charge in [0.15, 0.2) is 0 Å². The molecule has 1 amide bonds. The highest BCUT2D eigenvalue weighted by atomic mass is 32.2. The summed E-state index contributed by atoms with van der Waals surface area (Å²) in [5, 5.41) is 0.880. The number of amides is 1. The minimum atomic E-state index is -0.0881. The summed E-state index contributed by atoms with van der Waals surface area (Å²) in [5.74, 6) is 0. The molecule has 7 heteroatoms. The molecule has 5 nitrogen and oxygen atoms in total. The number of carbonyl (C=O) groups excluding carboxylic acids is 1. The summed E-state index contributed by atoms with van der Waals surface area (Å²) >= 11 is 2.17. The van der Waals surface area contributed by atoms with Gasteiger partial charge in [0.2, 0.25) is 5.16 Å². The van der Waals surface area contributed by atoms with Crippen molar-refractivity contribution in [1.29, 1.82) is 0 Å². The molecule has 0 aliphatic heterocycles. The fourth-order valence-corrected chi connectivity index (χ4v) is 1.90. The van der Waals surface area contributed by atoms with Crippen LogP contribution in [-0.4, -0.2) is 40.2 Å². The summed E-state index contributed by atoms with van der Waals surface area (Å²) in [6.45, 7) is 2.65. The lowest BCUT2D eigenvalue weighted by molar-refractivity contribution is 0.241. The van der Waals surface area contributed by atoms with Crippen LogP contribution in [0, 0.1) is 0 Å². The molecule has 0 atom stereocenters. The number of hydrogen-bond acceptors (Lipinski definition) is 6. The molecule has 15 heavy (non-hydrogen) atoms. The Balaban J connectivity index is 2.49. The van der Waals surface area contributed by atoms with E-state index in [4.69, 9.17) is 4.74 Å². The van der Waals surface area contributed by atoms with E-state index in [9.17, 15) is 4.79 Å². The Kier molecular flexibility index (Phi) is 4.83. The van der Waals surface area contributed by atoms with Crippen molar-refractivity contribution in [2.75, 3.05) is 20.7 Å². The average molecular weight is 247 g/mol. The Morgan fingerprint density at radius 2 is 2.33 bits per heavy atom. The maximum atomic E-state index is 11.3. The van der Waals surface area contributed by atoms with Gasteiger partial charge in [0, 0.05) is 37.4 Å². The summed E-state index contributed by atoms with van der Waals surface area (Å²) in [6, 6.07) is 0. The first-order chi connectivity index (χ1) is 7.13. The Bertz CT molecular complexity index is 327. The second kappa shape index (κ2) is 5.92. The van der Waals surface area contributed by atoms with Crippen molar-refractivity contribution in [3.63, 3.8) is 0 Å².